The molecule has 0 atom stereocenters. The zero-order chi connectivity index (χ0) is 4.99. The molecule has 1 N–H and O–H groups in total. The van der Waals surface area contributed by atoms with Gasteiger partial charge in [-0.2, -0.15) is 0 Å². The third-order valence-corrected chi connectivity index (χ3v) is 0.435. The molecule has 0 aliphatic carbocycles. The SMILES string of the molecule is COC(=O)N[S]. The van der Waals surface area contributed by atoms with Gasteiger partial charge in [-0.15, -0.1) is 0 Å². The Morgan fingerprint density at radius 2 is 2.50 bits per heavy atom. The van der Waals surface area contributed by atoms with Crippen LogP contribution in [0.3, 0.4) is 0 Å². The van der Waals surface area contributed by atoms with Crippen LogP contribution in [0.1, 0.15) is 0 Å². The Balaban J connectivity index is 2.99. The molecule has 0 spiro atoms. The van der Waals surface area contributed by atoms with Gasteiger partial charge in [0.1, 0.15) is 0 Å². The summed E-state index contributed by atoms with van der Waals surface area (Å²) in [6, 6.07) is 0. The molecule has 0 aliphatic rings. The van der Waals surface area contributed by atoms with Gasteiger partial charge in [0.25, 0.3) is 0 Å². The minimum Gasteiger partial charge on any atom is -0.452 e. The molecule has 0 bridgehead atoms. The first-order valence-corrected chi connectivity index (χ1v) is 1.68. The lowest BCUT2D eigenvalue weighted by Gasteiger charge is -1.88. The fraction of sp³-hybridized carbons (Fsp3) is 0.500. The molecular weight excluding hydrogens is 102 g/mol. The highest BCUT2D eigenvalue weighted by Gasteiger charge is 1.87. The van der Waals surface area contributed by atoms with E-state index in [-0.39, 0.29) is 0 Å². The molecule has 0 fully saturated rings. The Bertz CT molecular complexity index is 49.5. The van der Waals surface area contributed by atoms with Crippen LogP contribution >= 0.6 is 12.8 Å². The Kier molecular flexibility index (Phi) is 2.66. The van der Waals surface area contributed by atoms with Crippen molar-refractivity contribution in [3.8, 4) is 0 Å². The van der Waals surface area contributed by atoms with E-state index in [1.54, 1.807) is 0 Å². The topological polar surface area (TPSA) is 38.3 Å². The molecule has 1 radical (unpaired) electrons. The van der Waals surface area contributed by atoms with Crippen molar-refractivity contribution in [3.63, 3.8) is 0 Å². The van der Waals surface area contributed by atoms with E-state index >= 15 is 0 Å². The molecule has 1 amide bonds. The maximum absolute atomic E-state index is 9.74. The summed E-state index contributed by atoms with van der Waals surface area (Å²) in [5.41, 5.74) is 0. The van der Waals surface area contributed by atoms with Gasteiger partial charge in [0.15, 0.2) is 0 Å². The summed E-state index contributed by atoms with van der Waals surface area (Å²) < 4.78 is 5.88. The van der Waals surface area contributed by atoms with Crippen LogP contribution in [-0.2, 0) is 4.74 Å². The third kappa shape index (κ3) is 1.90. The summed E-state index contributed by atoms with van der Waals surface area (Å²) in [4.78, 5) is 9.74. The zero-order valence-corrected chi connectivity index (χ0v) is 4.04. The number of ether oxygens (including phenoxy) is 1. The predicted octanol–water partition coefficient (Wildman–Crippen LogP) is 0.455. The van der Waals surface area contributed by atoms with Gasteiger partial charge in [0.05, 0.1) is 7.11 Å². The van der Waals surface area contributed by atoms with Crippen LogP contribution in [0.2, 0.25) is 0 Å². The van der Waals surface area contributed by atoms with Gasteiger partial charge in [-0.3, -0.25) is 4.72 Å². The van der Waals surface area contributed by atoms with E-state index in [1.165, 1.54) is 7.11 Å². The van der Waals surface area contributed by atoms with E-state index in [9.17, 15) is 4.79 Å². The van der Waals surface area contributed by atoms with Crippen molar-refractivity contribution in [2.24, 2.45) is 0 Å². The average Bonchev–Trinajstić information content (AvgIpc) is 1.65. The van der Waals surface area contributed by atoms with Crippen LogP contribution in [0, 0.1) is 0 Å². The minimum atomic E-state index is -0.593. The van der Waals surface area contributed by atoms with E-state index < -0.39 is 6.09 Å². The van der Waals surface area contributed by atoms with Crippen molar-refractivity contribution >= 4 is 18.9 Å². The van der Waals surface area contributed by atoms with Crippen molar-refractivity contribution in [1.82, 2.24) is 4.72 Å². The quantitative estimate of drug-likeness (QED) is 0.487. The molecule has 0 saturated heterocycles. The standard InChI is InChI=1S/C2H4NO2S/c1-5-2(4)3-6/h1H3,(H,3,4). The number of amides is 1. The molecule has 0 aromatic rings. The maximum Gasteiger partial charge on any atom is 0.417 e. The van der Waals surface area contributed by atoms with Crippen LogP contribution in [-0.4, -0.2) is 13.2 Å². The minimum absolute atomic E-state index is 0.593. The number of rotatable bonds is 0. The highest BCUT2D eigenvalue weighted by Crippen LogP contribution is 1.68. The predicted molar refractivity (Wildman–Crippen MR) is 23.1 cm³/mol. The summed E-state index contributed by atoms with van der Waals surface area (Å²) in [5, 5.41) is 0. The van der Waals surface area contributed by atoms with Gasteiger partial charge in [-0.05, 0) is 0 Å². The van der Waals surface area contributed by atoms with Gasteiger partial charge in [-0.25, -0.2) is 4.79 Å². The Labute approximate surface area is 41.2 Å². The summed E-state index contributed by atoms with van der Waals surface area (Å²) in [5.74, 6) is 0. The van der Waals surface area contributed by atoms with E-state index in [4.69, 9.17) is 0 Å². The normalized spacial score (nSPS) is 7.00. The Hall–Kier alpha value is -0.380. The molecule has 0 saturated carbocycles. The van der Waals surface area contributed by atoms with Crippen LogP contribution in [0.25, 0.3) is 0 Å². The third-order valence-electron chi connectivity index (χ3n) is 0.269. The first-order valence-electron chi connectivity index (χ1n) is 1.27. The molecule has 0 heterocycles. The first-order chi connectivity index (χ1) is 2.81. The van der Waals surface area contributed by atoms with Crippen molar-refractivity contribution < 1.29 is 9.53 Å². The molecule has 0 unspecified atom stereocenters. The van der Waals surface area contributed by atoms with Crippen molar-refractivity contribution in [2.75, 3.05) is 7.11 Å². The largest absolute Gasteiger partial charge is 0.452 e. The first kappa shape index (κ1) is 5.62. The lowest BCUT2D eigenvalue weighted by Crippen LogP contribution is -2.10. The number of carbonyl (C=O) groups is 1. The smallest absolute Gasteiger partial charge is 0.417 e. The number of hydrogen-bond acceptors (Lipinski definition) is 2. The molecule has 4 heteroatoms. The van der Waals surface area contributed by atoms with E-state index in [2.05, 4.69) is 17.6 Å². The Morgan fingerprint density at radius 3 is 2.50 bits per heavy atom. The van der Waals surface area contributed by atoms with Gasteiger partial charge in [0.2, 0.25) is 0 Å². The molecule has 0 rings (SSSR count). The highest BCUT2D eigenvalue weighted by molar-refractivity contribution is 7.78. The van der Waals surface area contributed by atoms with Gasteiger partial charge >= 0.3 is 6.09 Å². The van der Waals surface area contributed by atoms with Gasteiger partial charge < -0.3 is 4.74 Å². The van der Waals surface area contributed by atoms with Crippen LogP contribution in [0.4, 0.5) is 4.79 Å². The van der Waals surface area contributed by atoms with Crippen molar-refractivity contribution in [3.05, 3.63) is 0 Å². The van der Waals surface area contributed by atoms with Gasteiger partial charge in [-0.1, -0.05) is 0 Å². The molecule has 0 aromatic heterocycles. The fourth-order valence-corrected chi connectivity index (χ4v) is 0.125. The average molecular weight is 106 g/mol. The van der Waals surface area contributed by atoms with Crippen LogP contribution < -0.4 is 4.72 Å². The number of methoxy groups -OCH3 is 1. The summed E-state index contributed by atoms with van der Waals surface area (Å²) in [6.07, 6.45) is -0.593. The number of hydrogen-bond donors (Lipinski definition) is 1. The van der Waals surface area contributed by atoms with Crippen molar-refractivity contribution in [2.45, 2.75) is 0 Å². The lowest BCUT2D eigenvalue weighted by molar-refractivity contribution is 0.178. The molecule has 0 aromatic carbocycles. The monoisotopic (exact) mass is 106 g/mol. The van der Waals surface area contributed by atoms with Crippen LogP contribution in [0.5, 0.6) is 0 Å². The molecule has 3 nitrogen and oxygen atoms in total. The van der Waals surface area contributed by atoms with E-state index in [0.717, 1.165) is 0 Å². The van der Waals surface area contributed by atoms with E-state index in [0.29, 0.717) is 0 Å². The fourth-order valence-electron chi connectivity index (χ4n) is 0.0417. The second-order valence-electron chi connectivity index (χ2n) is 0.594. The van der Waals surface area contributed by atoms with Gasteiger partial charge in [0, 0.05) is 12.8 Å². The number of carbonyl (C=O) groups excluding carboxylic acids is 1. The molecular formula is C2H4NO2S. The zero-order valence-electron chi connectivity index (χ0n) is 3.22. The number of nitrogens with one attached hydrogen (secondary N) is 1. The van der Waals surface area contributed by atoms with E-state index in [1.807, 2.05) is 4.72 Å². The molecule has 35 valence electrons. The summed E-state index contributed by atoms with van der Waals surface area (Å²) in [6.45, 7) is 0. The summed E-state index contributed by atoms with van der Waals surface area (Å²) in [7, 11) is 1.25. The molecule has 6 heavy (non-hydrogen) atoms. The highest BCUT2D eigenvalue weighted by atomic mass is 32.1. The summed E-state index contributed by atoms with van der Waals surface area (Å²) >= 11 is 4.05. The maximum atomic E-state index is 9.74. The van der Waals surface area contributed by atoms with Crippen LogP contribution in [0.15, 0.2) is 0 Å². The van der Waals surface area contributed by atoms with Crippen molar-refractivity contribution in [1.29, 1.82) is 0 Å². The second kappa shape index (κ2) is 2.84. The lowest BCUT2D eigenvalue weighted by atomic mass is 11.2. The Morgan fingerprint density at radius 1 is 2.00 bits per heavy atom. The molecule has 0 aliphatic heterocycles. The second-order valence-corrected chi connectivity index (χ2v) is 0.798.